The Balaban J connectivity index is 2.04. The van der Waals surface area contributed by atoms with E-state index in [0.29, 0.717) is 12.5 Å². The Kier molecular flexibility index (Phi) is 4.96. The lowest BCUT2D eigenvalue weighted by Gasteiger charge is -2.14. The zero-order chi connectivity index (χ0) is 14.6. The summed E-state index contributed by atoms with van der Waals surface area (Å²) in [5.74, 6) is -2.72. The number of rotatable bonds is 6. The van der Waals surface area contributed by atoms with Crippen LogP contribution in [0.1, 0.15) is 32.1 Å². The van der Waals surface area contributed by atoms with Gasteiger partial charge in [-0.3, -0.25) is 0 Å². The smallest absolute Gasteiger partial charge is 0.341 e. The van der Waals surface area contributed by atoms with Crippen LogP contribution in [0.2, 0.25) is 0 Å². The highest BCUT2D eigenvalue weighted by Crippen LogP contribution is 2.29. The minimum atomic E-state index is -4.55. The number of nitrogens with one attached hydrogen (secondary N) is 1. The van der Waals surface area contributed by atoms with Crippen molar-refractivity contribution in [1.29, 1.82) is 0 Å². The number of benzene rings is 1. The Labute approximate surface area is 118 Å². The summed E-state index contributed by atoms with van der Waals surface area (Å²) in [6.07, 6.45) is 5.86. The molecule has 1 N–H and O–H groups in total. The van der Waals surface area contributed by atoms with Gasteiger partial charge in [0.2, 0.25) is 9.84 Å². The lowest BCUT2D eigenvalue weighted by atomic mass is 10.0. The number of sulfone groups is 1. The fraction of sp³-hybridized carbons (Fsp3) is 0.571. The van der Waals surface area contributed by atoms with Crippen LogP contribution >= 0.6 is 0 Å². The molecule has 0 unspecified atom stereocenters. The third kappa shape index (κ3) is 3.48. The van der Waals surface area contributed by atoms with Gasteiger partial charge in [0.1, 0.15) is 0 Å². The highest BCUT2D eigenvalue weighted by molar-refractivity contribution is 7.91. The van der Waals surface area contributed by atoms with Crippen molar-refractivity contribution in [2.45, 2.75) is 42.8 Å². The summed E-state index contributed by atoms with van der Waals surface area (Å²) >= 11 is 0. The van der Waals surface area contributed by atoms with Crippen molar-refractivity contribution >= 4 is 15.5 Å². The maximum absolute atomic E-state index is 12.6. The van der Waals surface area contributed by atoms with Crippen LogP contribution < -0.4 is 5.32 Å². The molecule has 1 aliphatic rings. The van der Waals surface area contributed by atoms with Gasteiger partial charge in [0, 0.05) is 6.54 Å². The first-order chi connectivity index (χ1) is 9.51. The van der Waals surface area contributed by atoms with Gasteiger partial charge in [-0.05, 0) is 24.5 Å². The SMILES string of the molecule is O=S(=O)(c1ccccc1NCCC1CCCC1)C(F)F. The lowest BCUT2D eigenvalue weighted by Crippen LogP contribution is -2.15. The minimum Gasteiger partial charge on any atom is -0.384 e. The molecule has 1 saturated carbocycles. The summed E-state index contributed by atoms with van der Waals surface area (Å²) in [6, 6.07) is 5.85. The molecule has 0 bridgehead atoms. The first-order valence-corrected chi connectivity index (χ1v) is 8.41. The first-order valence-electron chi connectivity index (χ1n) is 6.87. The van der Waals surface area contributed by atoms with E-state index in [9.17, 15) is 17.2 Å². The van der Waals surface area contributed by atoms with Crippen LogP contribution in [0.3, 0.4) is 0 Å². The van der Waals surface area contributed by atoms with Gasteiger partial charge in [0.05, 0.1) is 10.6 Å². The Morgan fingerprint density at radius 2 is 1.85 bits per heavy atom. The summed E-state index contributed by atoms with van der Waals surface area (Å²) in [6.45, 7) is 0.612. The van der Waals surface area contributed by atoms with Gasteiger partial charge in [-0.2, -0.15) is 8.78 Å². The van der Waals surface area contributed by atoms with Crippen LogP contribution in [0.25, 0.3) is 0 Å². The maximum atomic E-state index is 12.6. The van der Waals surface area contributed by atoms with Crippen LogP contribution in [-0.2, 0) is 9.84 Å². The molecule has 1 aromatic rings. The van der Waals surface area contributed by atoms with Gasteiger partial charge in [-0.1, -0.05) is 37.8 Å². The van der Waals surface area contributed by atoms with Crippen molar-refractivity contribution in [2.75, 3.05) is 11.9 Å². The third-order valence-corrected chi connectivity index (χ3v) is 5.21. The van der Waals surface area contributed by atoms with Crippen LogP contribution in [0.15, 0.2) is 29.2 Å². The Hall–Kier alpha value is -1.17. The molecule has 1 fully saturated rings. The second-order valence-corrected chi connectivity index (χ2v) is 7.05. The molecule has 0 aliphatic heterocycles. The molecule has 0 aromatic heterocycles. The van der Waals surface area contributed by atoms with Crippen LogP contribution in [-0.4, -0.2) is 20.7 Å². The number of hydrogen-bond donors (Lipinski definition) is 1. The third-order valence-electron chi connectivity index (χ3n) is 3.77. The van der Waals surface area contributed by atoms with E-state index in [1.807, 2.05) is 0 Å². The Morgan fingerprint density at radius 3 is 2.50 bits per heavy atom. The molecular formula is C14H19F2NO2S. The summed E-state index contributed by atoms with van der Waals surface area (Å²) in [5, 5.41) is 2.99. The van der Waals surface area contributed by atoms with Crippen molar-refractivity contribution in [3.05, 3.63) is 24.3 Å². The van der Waals surface area contributed by atoms with Gasteiger partial charge in [-0.25, -0.2) is 8.42 Å². The molecular weight excluding hydrogens is 284 g/mol. The molecule has 3 nitrogen and oxygen atoms in total. The van der Waals surface area contributed by atoms with E-state index in [1.165, 1.54) is 43.9 Å². The molecule has 0 heterocycles. The minimum absolute atomic E-state index is 0.269. The van der Waals surface area contributed by atoms with Gasteiger partial charge < -0.3 is 5.32 Å². The zero-order valence-corrected chi connectivity index (χ0v) is 12.0. The van der Waals surface area contributed by atoms with Crippen LogP contribution in [0.5, 0.6) is 0 Å². The molecule has 1 aliphatic carbocycles. The zero-order valence-electron chi connectivity index (χ0n) is 11.2. The van der Waals surface area contributed by atoms with E-state index in [1.54, 1.807) is 6.07 Å². The average Bonchev–Trinajstić information content (AvgIpc) is 2.92. The largest absolute Gasteiger partial charge is 0.384 e. The van der Waals surface area contributed by atoms with Crippen molar-refractivity contribution in [3.8, 4) is 0 Å². The fourth-order valence-corrected chi connectivity index (χ4v) is 3.57. The second-order valence-electron chi connectivity index (χ2n) is 5.17. The number of halogens is 2. The molecule has 1 aromatic carbocycles. The Bertz CT molecular complexity index is 540. The highest BCUT2D eigenvalue weighted by atomic mass is 32.2. The molecule has 0 atom stereocenters. The highest BCUT2D eigenvalue weighted by Gasteiger charge is 2.28. The average molecular weight is 303 g/mol. The molecule has 2 rings (SSSR count). The van der Waals surface area contributed by atoms with Crippen molar-refractivity contribution in [3.63, 3.8) is 0 Å². The van der Waals surface area contributed by atoms with E-state index in [4.69, 9.17) is 0 Å². The summed E-state index contributed by atoms with van der Waals surface area (Å²) in [7, 11) is -4.55. The molecule has 0 radical (unpaired) electrons. The normalized spacial score (nSPS) is 16.8. The topological polar surface area (TPSA) is 46.2 Å². The second kappa shape index (κ2) is 6.52. The molecule has 0 spiro atoms. The predicted octanol–water partition coefficient (Wildman–Crippen LogP) is 3.68. The van der Waals surface area contributed by atoms with E-state index in [-0.39, 0.29) is 10.6 Å². The molecule has 20 heavy (non-hydrogen) atoms. The fourth-order valence-electron chi connectivity index (χ4n) is 2.67. The van der Waals surface area contributed by atoms with Gasteiger partial charge in [0.25, 0.3) is 0 Å². The van der Waals surface area contributed by atoms with E-state index in [2.05, 4.69) is 5.32 Å². The van der Waals surface area contributed by atoms with Crippen molar-refractivity contribution in [1.82, 2.24) is 0 Å². The van der Waals surface area contributed by atoms with Gasteiger partial charge in [-0.15, -0.1) is 0 Å². The number of hydrogen-bond acceptors (Lipinski definition) is 3. The molecule has 0 amide bonds. The van der Waals surface area contributed by atoms with E-state index >= 15 is 0 Å². The monoisotopic (exact) mass is 303 g/mol. The molecule has 0 saturated heterocycles. The predicted molar refractivity (Wildman–Crippen MR) is 74.7 cm³/mol. The molecule has 112 valence electrons. The summed E-state index contributed by atoms with van der Waals surface area (Å²) < 4.78 is 48.4. The quantitative estimate of drug-likeness (QED) is 0.872. The standard InChI is InChI=1S/C14H19F2NO2S/c15-14(16)20(18,19)13-8-4-3-7-12(13)17-10-9-11-5-1-2-6-11/h3-4,7-8,11,14,17H,1-2,5-6,9-10H2. The van der Waals surface area contributed by atoms with Crippen molar-refractivity contribution < 1.29 is 17.2 Å². The van der Waals surface area contributed by atoms with Crippen molar-refractivity contribution in [2.24, 2.45) is 5.92 Å². The van der Waals surface area contributed by atoms with Gasteiger partial charge >= 0.3 is 5.76 Å². The lowest BCUT2D eigenvalue weighted by molar-refractivity contribution is 0.235. The number of para-hydroxylation sites is 1. The maximum Gasteiger partial charge on any atom is 0.341 e. The van der Waals surface area contributed by atoms with Crippen LogP contribution in [0.4, 0.5) is 14.5 Å². The molecule has 6 heteroatoms. The Morgan fingerprint density at radius 1 is 1.20 bits per heavy atom. The summed E-state index contributed by atoms with van der Waals surface area (Å²) in [4.78, 5) is -0.318. The van der Waals surface area contributed by atoms with Gasteiger partial charge in [0.15, 0.2) is 0 Å². The number of alkyl halides is 2. The summed E-state index contributed by atoms with van der Waals surface area (Å²) in [5.41, 5.74) is 0.269. The van der Waals surface area contributed by atoms with E-state index < -0.39 is 15.6 Å². The van der Waals surface area contributed by atoms with E-state index in [0.717, 1.165) is 6.42 Å². The number of anilines is 1. The van der Waals surface area contributed by atoms with Crippen LogP contribution in [0, 0.1) is 5.92 Å². The first kappa shape index (κ1) is 15.2.